The van der Waals surface area contributed by atoms with Gasteiger partial charge in [0.05, 0.1) is 10.6 Å². The molecular weight excluding hydrogens is 270 g/mol. The third kappa shape index (κ3) is 5.25. The molecule has 114 valence electrons. The highest BCUT2D eigenvalue weighted by Gasteiger charge is 2.17. The number of hydrogen-bond donors (Lipinski definition) is 1. The van der Waals surface area contributed by atoms with Gasteiger partial charge in [0.25, 0.3) is 0 Å². The van der Waals surface area contributed by atoms with Crippen LogP contribution in [0, 0.1) is 0 Å². The topological polar surface area (TPSA) is 46.2 Å². The largest absolute Gasteiger partial charge is 0.317 e. The van der Waals surface area contributed by atoms with E-state index in [-0.39, 0.29) is 11.2 Å². The van der Waals surface area contributed by atoms with Crippen molar-refractivity contribution in [2.24, 2.45) is 0 Å². The third-order valence-corrected chi connectivity index (χ3v) is 5.09. The van der Waals surface area contributed by atoms with E-state index in [4.69, 9.17) is 0 Å². The summed E-state index contributed by atoms with van der Waals surface area (Å²) in [5.41, 5.74) is 1.20. The number of nitrogens with one attached hydrogen (secondary N) is 1. The molecule has 0 radical (unpaired) electrons. The van der Waals surface area contributed by atoms with Gasteiger partial charge in [0.2, 0.25) is 0 Å². The maximum atomic E-state index is 12.2. The highest BCUT2D eigenvalue weighted by atomic mass is 32.2. The van der Waals surface area contributed by atoms with Crippen molar-refractivity contribution in [1.29, 1.82) is 0 Å². The minimum Gasteiger partial charge on any atom is -0.317 e. The quantitative estimate of drug-likeness (QED) is 0.786. The van der Waals surface area contributed by atoms with Crippen LogP contribution >= 0.6 is 0 Å². The first kappa shape index (κ1) is 17.2. The van der Waals surface area contributed by atoms with Crippen LogP contribution in [0.2, 0.25) is 0 Å². The fourth-order valence-electron chi connectivity index (χ4n) is 1.97. The van der Waals surface area contributed by atoms with Crippen molar-refractivity contribution in [3.63, 3.8) is 0 Å². The van der Waals surface area contributed by atoms with Crippen LogP contribution < -0.4 is 5.32 Å². The van der Waals surface area contributed by atoms with Gasteiger partial charge in [-0.25, -0.2) is 8.42 Å². The zero-order valence-corrected chi connectivity index (χ0v) is 13.9. The molecule has 0 amide bonds. The molecule has 1 N–H and O–H groups in total. The van der Waals surface area contributed by atoms with Gasteiger partial charge in [0.1, 0.15) is 0 Å². The molecule has 0 unspecified atom stereocenters. The van der Waals surface area contributed by atoms with Crippen molar-refractivity contribution in [2.45, 2.75) is 50.8 Å². The van der Waals surface area contributed by atoms with Gasteiger partial charge >= 0.3 is 0 Å². The maximum Gasteiger partial charge on any atom is 0.178 e. The Hall–Kier alpha value is -0.870. The lowest BCUT2D eigenvalue weighted by atomic mass is 9.87. The predicted octanol–water partition coefficient (Wildman–Crippen LogP) is 3.15. The van der Waals surface area contributed by atoms with Gasteiger partial charge in [-0.15, -0.1) is 0 Å². The van der Waals surface area contributed by atoms with E-state index in [9.17, 15) is 8.42 Å². The Morgan fingerprint density at radius 1 is 1.05 bits per heavy atom. The first-order chi connectivity index (χ1) is 9.27. The fraction of sp³-hybridized carbons (Fsp3) is 0.625. The molecule has 1 aromatic rings. The van der Waals surface area contributed by atoms with Crippen molar-refractivity contribution in [1.82, 2.24) is 5.32 Å². The molecule has 1 rings (SSSR count). The zero-order chi connectivity index (χ0) is 15.2. The Labute approximate surface area is 123 Å². The number of rotatable bonds is 7. The minimum atomic E-state index is -3.15. The second-order valence-corrected chi connectivity index (χ2v) is 8.31. The summed E-state index contributed by atoms with van der Waals surface area (Å²) in [5, 5.41) is 3.22. The molecule has 0 aromatic heterocycles. The summed E-state index contributed by atoms with van der Waals surface area (Å²) in [5.74, 6) is 0.207. The summed E-state index contributed by atoms with van der Waals surface area (Å²) in [4.78, 5) is 0.431. The summed E-state index contributed by atoms with van der Waals surface area (Å²) < 4.78 is 24.4. The number of hydrogen-bond acceptors (Lipinski definition) is 3. The average Bonchev–Trinajstić information content (AvgIpc) is 2.37. The van der Waals surface area contributed by atoms with Crippen molar-refractivity contribution >= 4 is 9.84 Å². The van der Waals surface area contributed by atoms with Crippen molar-refractivity contribution < 1.29 is 8.42 Å². The van der Waals surface area contributed by atoms with Crippen molar-refractivity contribution in [3.8, 4) is 0 Å². The minimum absolute atomic E-state index is 0.0480. The van der Waals surface area contributed by atoms with Crippen molar-refractivity contribution in [2.75, 3.05) is 18.8 Å². The molecular formula is C16H27NO2S. The molecule has 0 fully saturated rings. The van der Waals surface area contributed by atoms with Crippen LogP contribution in [0.5, 0.6) is 0 Å². The van der Waals surface area contributed by atoms with Gasteiger partial charge in [-0.2, -0.15) is 0 Å². The van der Waals surface area contributed by atoms with Gasteiger partial charge in [-0.1, -0.05) is 39.8 Å². The second kappa shape index (κ2) is 7.23. The Kier molecular flexibility index (Phi) is 6.21. The first-order valence-electron chi connectivity index (χ1n) is 7.31. The molecule has 20 heavy (non-hydrogen) atoms. The number of sulfone groups is 1. The molecule has 0 saturated heterocycles. The van der Waals surface area contributed by atoms with E-state index in [1.54, 1.807) is 12.1 Å². The van der Waals surface area contributed by atoms with E-state index in [0.717, 1.165) is 25.1 Å². The molecule has 0 atom stereocenters. The molecule has 1 aromatic carbocycles. The molecule has 3 nitrogen and oxygen atoms in total. The monoisotopic (exact) mass is 297 g/mol. The van der Waals surface area contributed by atoms with Crippen LogP contribution in [0.15, 0.2) is 29.2 Å². The molecule has 0 spiro atoms. The Bertz CT molecular complexity index is 498. The van der Waals surface area contributed by atoms with E-state index in [1.807, 2.05) is 12.1 Å². The zero-order valence-electron chi connectivity index (χ0n) is 13.1. The summed E-state index contributed by atoms with van der Waals surface area (Å²) in [6.07, 6.45) is 1.73. The Morgan fingerprint density at radius 3 is 2.15 bits per heavy atom. The molecule has 0 saturated carbocycles. The lowest BCUT2D eigenvalue weighted by Crippen LogP contribution is -2.19. The van der Waals surface area contributed by atoms with Gasteiger partial charge < -0.3 is 5.32 Å². The van der Waals surface area contributed by atoms with Crippen molar-refractivity contribution in [3.05, 3.63) is 29.8 Å². The van der Waals surface area contributed by atoms with E-state index >= 15 is 0 Å². The summed E-state index contributed by atoms with van der Waals surface area (Å²) >= 11 is 0. The Balaban J connectivity index is 2.64. The standard InChI is InChI=1S/C16H27NO2S/c1-5-11-17-12-6-13-20(18,19)15-9-7-14(8-10-15)16(2,3)4/h7-10,17H,5-6,11-13H2,1-4H3. The molecule has 0 heterocycles. The highest BCUT2D eigenvalue weighted by molar-refractivity contribution is 7.91. The van der Waals surface area contributed by atoms with Crippen LogP contribution in [0.1, 0.15) is 46.1 Å². The van der Waals surface area contributed by atoms with Gasteiger partial charge in [-0.05, 0) is 49.0 Å². The fourth-order valence-corrected chi connectivity index (χ4v) is 3.28. The number of benzene rings is 1. The maximum absolute atomic E-state index is 12.2. The highest BCUT2D eigenvalue weighted by Crippen LogP contribution is 2.23. The van der Waals surface area contributed by atoms with Crippen LogP contribution in [0.3, 0.4) is 0 Å². The lowest BCUT2D eigenvalue weighted by Gasteiger charge is -2.19. The van der Waals surface area contributed by atoms with Gasteiger partial charge in [0, 0.05) is 0 Å². The normalized spacial score (nSPS) is 12.6. The van der Waals surface area contributed by atoms with Gasteiger partial charge in [-0.3, -0.25) is 0 Å². The van der Waals surface area contributed by atoms with E-state index in [2.05, 4.69) is 33.0 Å². The molecule has 0 aliphatic heterocycles. The summed E-state index contributed by atoms with van der Waals surface area (Å²) in [6, 6.07) is 7.30. The molecule has 0 bridgehead atoms. The SMILES string of the molecule is CCCNCCCS(=O)(=O)c1ccc(C(C)(C)C)cc1. The van der Waals surface area contributed by atoms with E-state index in [0.29, 0.717) is 11.3 Å². The lowest BCUT2D eigenvalue weighted by molar-refractivity contribution is 0.583. The van der Waals surface area contributed by atoms with Crippen LogP contribution in [0.25, 0.3) is 0 Å². The average molecular weight is 297 g/mol. The second-order valence-electron chi connectivity index (χ2n) is 6.20. The van der Waals surface area contributed by atoms with Gasteiger partial charge in [0.15, 0.2) is 9.84 Å². The molecule has 0 aliphatic carbocycles. The third-order valence-electron chi connectivity index (χ3n) is 3.27. The van der Waals surface area contributed by atoms with E-state index in [1.165, 1.54) is 0 Å². The first-order valence-corrected chi connectivity index (χ1v) is 8.96. The van der Waals surface area contributed by atoms with E-state index < -0.39 is 9.84 Å². The summed E-state index contributed by atoms with van der Waals surface area (Å²) in [6.45, 7) is 10.2. The van der Waals surface area contributed by atoms with Crippen LogP contribution in [-0.2, 0) is 15.3 Å². The van der Waals surface area contributed by atoms with Crippen LogP contribution in [-0.4, -0.2) is 27.3 Å². The summed E-state index contributed by atoms with van der Waals surface area (Å²) in [7, 11) is -3.15. The Morgan fingerprint density at radius 2 is 1.65 bits per heavy atom. The molecule has 4 heteroatoms. The predicted molar refractivity (Wildman–Crippen MR) is 85.0 cm³/mol. The molecule has 0 aliphatic rings. The smallest absolute Gasteiger partial charge is 0.178 e. The van der Waals surface area contributed by atoms with Crippen LogP contribution in [0.4, 0.5) is 0 Å².